The zero-order valence-corrected chi connectivity index (χ0v) is 17.7. The van der Waals surface area contributed by atoms with Crippen LogP contribution in [0.4, 0.5) is 11.4 Å². The van der Waals surface area contributed by atoms with Gasteiger partial charge in [-0.1, -0.05) is 12.1 Å². The Hall–Kier alpha value is -2.87. The fourth-order valence-electron chi connectivity index (χ4n) is 3.52. The van der Waals surface area contributed by atoms with E-state index in [1.807, 2.05) is 32.9 Å². The topological polar surface area (TPSA) is 92.8 Å². The molecule has 0 saturated carbocycles. The number of anilines is 2. The van der Waals surface area contributed by atoms with Crippen molar-refractivity contribution in [3.05, 3.63) is 58.7 Å². The molecule has 0 aliphatic carbocycles. The summed E-state index contributed by atoms with van der Waals surface area (Å²) < 4.78 is 30.5. The highest BCUT2D eigenvalue weighted by Crippen LogP contribution is 2.34. The first-order valence-electron chi connectivity index (χ1n) is 9.23. The summed E-state index contributed by atoms with van der Waals surface area (Å²) in [6.45, 7) is 5.26. The maximum absolute atomic E-state index is 12.3. The van der Waals surface area contributed by atoms with Crippen LogP contribution in [0.3, 0.4) is 0 Å². The molecular formula is C21H24N2O5S. The third-order valence-corrected chi connectivity index (χ3v) is 6.31. The third kappa shape index (κ3) is 4.42. The van der Waals surface area contributed by atoms with Crippen molar-refractivity contribution >= 4 is 33.3 Å². The summed E-state index contributed by atoms with van der Waals surface area (Å²) in [6.07, 6.45) is 1.67. The predicted octanol–water partition coefficient (Wildman–Crippen LogP) is 2.81. The van der Waals surface area contributed by atoms with E-state index in [-0.39, 0.29) is 11.6 Å². The Labute approximate surface area is 170 Å². The van der Waals surface area contributed by atoms with E-state index in [0.717, 1.165) is 22.9 Å². The molecule has 3 rings (SSSR count). The number of carbonyl (C=O) groups is 2. The van der Waals surface area contributed by atoms with Crippen molar-refractivity contribution < 1.29 is 22.7 Å². The van der Waals surface area contributed by atoms with Crippen molar-refractivity contribution in [2.45, 2.75) is 33.2 Å². The number of esters is 1. The van der Waals surface area contributed by atoms with E-state index >= 15 is 0 Å². The molecule has 154 valence electrons. The van der Waals surface area contributed by atoms with Crippen molar-refractivity contribution in [1.29, 1.82) is 0 Å². The Balaban J connectivity index is 1.66. The van der Waals surface area contributed by atoms with Gasteiger partial charge in [0, 0.05) is 11.7 Å². The number of sulfonamides is 1. The molecule has 2 aromatic carbocycles. The summed E-state index contributed by atoms with van der Waals surface area (Å²) in [6, 6.07) is 10.1. The first kappa shape index (κ1) is 20.9. The Kier molecular flexibility index (Phi) is 5.66. The number of nitrogens with one attached hydrogen (secondary N) is 1. The summed E-state index contributed by atoms with van der Waals surface area (Å²) in [4.78, 5) is 24.5. The number of rotatable bonds is 5. The average Bonchev–Trinajstić information content (AvgIpc) is 2.98. The van der Waals surface area contributed by atoms with Crippen molar-refractivity contribution in [3.8, 4) is 0 Å². The molecule has 0 spiro atoms. The van der Waals surface area contributed by atoms with E-state index in [1.54, 1.807) is 18.2 Å². The van der Waals surface area contributed by atoms with Gasteiger partial charge in [0.05, 0.1) is 17.5 Å². The van der Waals surface area contributed by atoms with Gasteiger partial charge in [0.1, 0.15) is 0 Å². The van der Waals surface area contributed by atoms with Crippen LogP contribution < -0.4 is 9.62 Å². The monoisotopic (exact) mass is 416 g/mol. The minimum Gasteiger partial charge on any atom is -0.452 e. The van der Waals surface area contributed by atoms with Crippen LogP contribution in [0.25, 0.3) is 0 Å². The van der Waals surface area contributed by atoms with Crippen molar-refractivity contribution in [2.24, 2.45) is 0 Å². The number of fused-ring (bicyclic) bond motifs is 1. The summed E-state index contributed by atoms with van der Waals surface area (Å²) >= 11 is 0. The van der Waals surface area contributed by atoms with E-state index in [9.17, 15) is 18.0 Å². The molecular weight excluding hydrogens is 392 g/mol. The molecule has 1 aliphatic heterocycles. The molecule has 1 aliphatic rings. The van der Waals surface area contributed by atoms with E-state index in [2.05, 4.69) is 5.32 Å². The van der Waals surface area contributed by atoms with Gasteiger partial charge in [-0.3, -0.25) is 9.10 Å². The molecule has 0 radical (unpaired) electrons. The first-order valence-corrected chi connectivity index (χ1v) is 11.1. The molecule has 2 aromatic rings. The quantitative estimate of drug-likeness (QED) is 0.757. The highest BCUT2D eigenvalue weighted by Gasteiger charge is 2.32. The van der Waals surface area contributed by atoms with Crippen LogP contribution in [0.1, 0.15) is 34.0 Å². The van der Waals surface area contributed by atoms with Crippen LogP contribution >= 0.6 is 0 Å². The standard InChI is InChI=1S/C21H24N2O5S/c1-13-6-5-7-18(15(13)3)22-20(24)12-28-21(25)16-8-9-19-17(11-16)10-14(2)23(19)29(4,26)27/h5-9,11,14H,10,12H2,1-4H3,(H,22,24)/t14-/m1/s1. The largest absolute Gasteiger partial charge is 0.452 e. The van der Waals surface area contributed by atoms with Gasteiger partial charge in [0.2, 0.25) is 10.0 Å². The predicted molar refractivity (Wildman–Crippen MR) is 112 cm³/mol. The second-order valence-corrected chi connectivity index (χ2v) is 9.19. The number of aryl methyl sites for hydroxylation is 1. The van der Waals surface area contributed by atoms with Gasteiger partial charge in [-0.25, -0.2) is 13.2 Å². The second kappa shape index (κ2) is 7.87. The van der Waals surface area contributed by atoms with E-state index in [1.165, 1.54) is 10.4 Å². The minimum absolute atomic E-state index is 0.213. The van der Waals surface area contributed by atoms with Crippen LogP contribution in [0.2, 0.25) is 0 Å². The fraction of sp³-hybridized carbons (Fsp3) is 0.333. The van der Waals surface area contributed by atoms with Crippen LogP contribution in [0.5, 0.6) is 0 Å². The zero-order valence-electron chi connectivity index (χ0n) is 16.9. The lowest BCUT2D eigenvalue weighted by molar-refractivity contribution is -0.119. The summed E-state index contributed by atoms with van der Waals surface area (Å²) in [5.74, 6) is -1.06. The average molecular weight is 416 g/mol. The summed E-state index contributed by atoms with van der Waals surface area (Å²) in [7, 11) is -3.39. The van der Waals surface area contributed by atoms with Gasteiger partial charge in [0.15, 0.2) is 6.61 Å². The van der Waals surface area contributed by atoms with Crippen LogP contribution in [-0.2, 0) is 26.0 Å². The number of nitrogens with zero attached hydrogens (tertiary/aromatic N) is 1. The number of carbonyl (C=O) groups excluding carboxylic acids is 2. The van der Waals surface area contributed by atoms with E-state index in [4.69, 9.17) is 4.74 Å². The molecule has 8 heteroatoms. The van der Waals surface area contributed by atoms with Gasteiger partial charge in [0.25, 0.3) is 5.91 Å². The molecule has 0 saturated heterocycles. The SMILES string of the molecule is Cc1cccc(NC(=O)COC(=O)c2ccc3c(c2)C[C@@H](C)N3S(C)(=O)=O)c1C. The van der Waals surface area contributed by atoms with Gasteiger partial charge in [-0.15, -0.1) is 0 Å². The molecule has 1 atom stereocenters. The van der Waals surface area contributed by atoms with Crippen molar-refractivity contribution in [2.75, 3.05) is 22.5 Å². The number of benzene rings is 2. The Morgan fingerprint density at radius 1 is 1.21 bits per heavy atom. The molecule has 7 nitrogen and oxygen atoms in total. The van der Waals surface area contributed by atoms with Gasteiger partial charge in [-0.05, 0) is 68.1 Å². The number of amides is 1. The Morgan fingerprint density at radius 2 is 1.93 bits per heavy atom. The second-order valence-electron chi connectivity index (χ2n) is 7.33. The van der Waals surface area contributed by atoms with Crippen molar-refractivity contribution in [3.63, 3.8) is 0 Å². The minimum atomic E-state index is -3.39. The number of hydrogen-bond donors (Lipinski definition) is 1. The third-order valence-electron chi connectivity index (χ3n) is 5.04. The van der Waals surface area contributed by atoms with E-state index < -0.39 is 28.5 Å². The van der Waals surface area contributed by atoms with Crippen LogP contribution in [-0.4, -0.2) is 39.2 Å². The molecule has 0 fully saturated rings. The van der Waals surface area contributed by atoms with Crippen LogP contribution in [0.15, 0.2) is 36.4 Å². The molecule has 29 heavy (non-hydrogen) atoms. The lowest BCUT2D eigenvalue weighted by Gasteiger charge is -2.21. The normalized spacial score (nSPS) is 15.7. The zero-order chi connectivity index (χ0) is 21.3. The highest BCUT2D eigenvalue weighted by atomic mass is 32.2. The van der Waals surface area contributed by atoms with Gasteiger partial charge >= 0.3 is 5.97 Å². The maximum atomic E-state index is 12.3. The molecule has 0 aromatic heterocycles. The smallest absolute Gasteiger partial charge is 0.338 e. The first-order chi connectivity index (χ1) is 13.6. The van der Waals surface area contributed by atoms with Crippen molar-refractivity contribution in [1.82, 2.24) is 0 Å². The maximum Gasteiger partial charge on any atom is 0.338 e. The Morgan fingerprint density at radius 3 is 2.62 bits per heavy atom. The van der Waals surface area contributed by atoms with Gasteiger partial charge in [-0.2, -0.15) is 0 Å². The lowest BCUT2D eigenvalue weighted by atomic mass is 10.1. The number of ether oxygens (including phenoxy) is 1. The Bertz CT molecular complexity index is 1080. The lowest BCUT2D eigenvalue weighted by Crippen LogP contribution is -2.34. The highest BCUT2D eigenvalue weighted by molar-refractivity contribution is 7.92. The summed E-state index contributed by atoms with van der Waals surface area (Å²) in [5.41, 5.74) is 4.30. The summed E-state index contributed by atoms with van der Waals surface area (Å²) in [5, 5.41) is 2.74. The molecule has 0 bridgehead atoms. The molecule has 0 unspecified atom stereocenters. The van der Waals surface area contributed by atoms with E-state index in [0.29, 0.717) is 17.8 Å². The van der Waals surface area contributed by atoms with Gasteiger partial charge < -0.3 is 10.1 Å². The molecule has 1 amide bonds. The number of hydrogen-bond acceptors (Lipinski definition) is 5. The van der Waals surface area contributed by atoms with Crippen LogP contribution in [0, 0.1) is 13.8 Å². The molecule has 1 N–H and O–H groups in total. The fourth-order valence-corrected chi connectivity index (χ4v) is 4.79. The molecule has 1 heterocycles.